The maximum absolute atomic E-state index is 13.4. The molecule has 2 aromatic carbocycles. The molecule has 2 fully saturated rings. The molecule has 1 unspecified atom stereocenters. The Bertz CT molecular complexity index is 1170. The van der Waals surface area contributed by atoms with Gasteiger partial charge in [-0.3, -0.25) is 0 Å². The number of hydrogen-bond donors (Lipinski definition) is 2. The third-order valence-corrected chi connectivity index (χ3v) is 9.07. The van der Waals surface area contributed by atoms with Crippen molar-refractivity contribution in [3.63, 3.8) is 0 Å². The molecule has 0 radical (unpaired) electrons. The topological polar surface area (TPSA) is 107 Å². The molecule has 9 nitrogen and oxygen atoms in total. The Labute approximate surface area is 261 Å². The fourth-order valence-electron chi connectivity index (χ4n) is 6.58. The second kappa shape index (κ2) is 16.7. The minimum absolute atomic E-state index is 0.0240. The molecule has 1 saturated carbocycles. The van der Waals surface area contributed by atoms with Gasteiger partial charge in [-0.25, -0.2) is 9.59 Å². The first-order valence-corrected chi connectivity index (χ1v) is 16.5. The molecule has 2 heterocycles. The average molecular weight is 609 g/mol. The molecule has 0 spiro atoms. The zero-order valence-electron chi connectivity index (χ0n) is 25.7. The number of nitrogens with one attached hydrogen (secondary N) is 1. The summed E-state index contributed by atoms with van der Waals surface area (Å²) in [5, 5.41) is 14.4. The van der Waals surface area contributed by atoms with E-state index in [1.54, 1.807) is 4.90 Å². The van der Waals surface area contributed by atoms with Gasteiger partial charge in [0.2, 0.25) is 0 Å². The van der Waals surface area contributed by atoms with Gasteiger partial charge < -0.3 is 34.3 Å². The first-order valence-electron chi connectivity index (χ1n) is 16.5. The Balaban J connectivity index is 1.24. The van der Waals surface area contributed by atoms with E-state index in [0.717, 1.165) is 81.3 Å². The Morgan fingerprint density at radius 3 is 2.50 bits per heavy atom. The lowest BCUT2D eigenvalue weighted by molar-refractivity contribution is 0.0439. The third kappa shape index (κ3) is 9.60. The number of ether oxygens (including phenoxy) is 4. The lowest BCUT2D eigenvalue weighted by atomic mass is 10.0. The van der Waals surface area contributed by atoms with Gasteiger partial charge in [0.1, 0.15) is 18.5 Å². The fourth-order valence-corrected chi connectivity index (χ4v) is 6.58. The quantitative estimate of drug-likeness (QED) is 0.396. The number of nitrogens with zero attached hydrogens (tertiary/aromatic N) is 1. The van der Waals surface area contributed by atoms with Gasteiger partial charge in [-0.1, -0.05) is 80.6 Å². The van der Waals surface area contributed by atoms with Crippen LogP contribution in [-0.2, 0) is 27.2 Å². The summed E-state index contributed by atoms with van der Waals surface area (Å²) in [4.78, 5) is 28.0. The van der Waals surface area contributed by atoms with E-state index in [1.165, 1.54) is 0 Å². The minimum atomic E-state index is -1.04. The highest BCUT2D eigenvalue weighted by atomic mass is 16.6. The summed E-state index contributed by atoms with van der Waals surface area (Å²) < 4.78 is 23.3. The van der Waals surface area contributed by atoms with Crippen molar-refractivity contribution in [3.05, 3.63) is 65.7 Å². The number of para-hydroxylation sites is 1. The fraction of sp³-hybridized carbons (Fsp3) is 0.600. The van der Waals surface area contributed by atoms with Crippen molar-refractivity contribution in [2.24, 2.45) is 5.92 Å². The van der Waals surface area contributed by atoms with Crippen LogP contribution >= 0.6 is 0 Å². The van der Waals surface area contributed by atoms with Crippen molar-refractivity contribution in [1.82, 2.24) is 10.2 Å². The number of amides is 2. The van der Waals surface area contributed by atoms with Crippen molar-refractivity contribution in [2.75, 3.05) is 26.3 Å². The van der Waals surface area contributed by atoms with E-state index < -0.39 is 24.3 Å². The monoisotopic (exact) mass is 608 g/mol. The molecule has 9 heteroatoms. The maximum Gasteiger partial charge on any atom is 0.410 e. The van der Waals surface area contributed by atoms with Crippen molar-refractivity contribution in [1.29, 1.82) is 0 Å². The predicted molar refractivity (Wildman–Crippen MR) is 166 cm³/mol. The third-order valence-electron chi connectivity index (χ3n) is 9.07. The molecular weight excluding hydrogens is 560 g/mol. The van der Waals surface area contributed by atoms with Crippen LogP contribution in [0.4, 0.5) is 9.59 Å². The van der Waals surface area contributed by atoms with E-state index >= 15 is 0 Å². The number of aliphatic hydroxyl groups is 1. The zero-order valence-corrected chi connectivity index (χ0v) is 25.7. The van der Waals surface area contributed by atoms with Gasteiger partial charge in [-0.05, 0) is 49.7 Å². The Morgan fingerprint density at radius 2 is 1.68 bits per heavy atom. The first kappa shape index (κ1) is 32.1. The summed E-state index contributed by atoms with van der Waals surface area (Å²) in [5.41, 5.74) is 1.77. The van der Waals surface area contributed by atoms with E-state index in [0.29, 0.717) is 31.9 Å². The van der Waals surface area contributed by atoms with Crippen molar-refractivity contribution in [2.45, 2.75) is 102 Å². The molecule has 1 aliphatic carbocycles. The SMILES string of the molecule is O=C(N[C@@H](Cc1ccccc1)[C@H](O)CN1CCCCCCCCCOc2ccccc2COC1=O)O[C@@H]1CC2CCO[C@@H]2C1. The number of β-amino-alcohol motifs (C(OH)–C–C–N with tert-alkyl or cyclic N) is 1. The van der Waals surface area contributed by atoms with Gasteiger partial charge in [0.25, 0.3) is 0 Å². The highest BCUT2D eigenvalue weighted by Gasteiger charge is 2.40. The molecule has 5 rings (SSSR count). The van der Waals surface area contributed by atoms with Crippen molar-refractivity contribution in [3.8, 4) is 5.75 Å². The largest absolute Gasteiger partial charge is 0.493 e. The van der Waals surface area contributed by atoms with Gasteiger partial charge in [0.05, 0.1) is 31.4 Å². The first-order chi connectivity index (χ1) is 21.5. The molecule has 2 amide bonds. The Kier molecular flexibility index (Phi) is 12.2. The number of aliphatic hydroxyl groups excluding tert-OH is 1. The van der Waals surface area contributed by atoms with Crippen LogP contribution in [0.15, 0.2) is 54.6 Å². The van der Waals surface area contributed by atoms with Crippen LogP contribution in [0, 0.1) is 5.92 Å². The maximum atomic E-state index is 13.4. The minimum Gasteiger partial charge on any atom is -0.493 e. The molecular formula is C35H48N2O7. The number of hydrogen-bond acceptors (Lipinski definition) is 7. The number of alkyl carbamates (subject to hydrolysis) is 1. The van der Waals surface area contributed by atoms with E-state index in [1.807, 2.05) is 54.6 Å². The molecule has 240 valence electrons. The average Bonchev–Trinajstić information content (AvgIpc) is 3.62. The van der Waals surface area contributed by atoms with Crippen LogP contribution in [0.25, 0.3) is 0 Å². The standard InChI is InChI=1S/C35H48N2O7/c38-31(30(21-26-13-7-6-8-14-26)36-34(39)44-29-22-27-17-20-42-33(27)23-29)24-37-18-11-4-2-1-3-5-12-19-41-32-16-10-9-15-28(32)25-43-35(37)40/h6-10,13-16,27,29-31,33,38H,1-5,11-12,17-25H2,(H,36,39)/t27?,29-,30+,31-,33-/m1/s1. The number of cyclic esters (lactones) is 1. The van der Waals surface area contributed by atoms with E-state index in [2.05, 4.69) is 5.32 Å². The van der Waals surface area contributed by atoms with Crippen molar-refractivity contribution >= 4 is 12.2 Å². The molecule has 2 aliphatic heterocycles. The molecule has 44 heavy (non-hydrogen) atoms. The Hall–Kier alpha value is -3.30. The second-order valence-corrected chi connectivity index (χ2v) is 12.4. The van der Waals surface area contributed by atoms with E-state index in [-0.39, 0.29) is 25.4 Å². The van der Waals surface area contributed by atoms with Crippen LogP contribution in [-0.4, -0.2) is 72.8 Å². The van der Waals surface area contributed by atoms with Gasteiger partial charge in [-0.2, -0.15) is 0 Å². The van der Waals surface area contributed by atoms with Gasteiger partial charge >= 0.3 is 12.2 Å². The summed E-state index contributed by atoms with van der Waals surface area (Å²) >= 11 is 0. The lowest BCUT2D eigenvalue weighted by Gasteiger charge is -2.30. The van der Waals surface area contributed by atoms with E-state index in [9.17, 15) is 14.7 Å². The molecule has 3 aliphatic rings. The summed E-state index contributed by atoms with van der Waals surface area (Å²) in [6.07, 6.45) is 8.12. The number of carbonyl (C=O) groups is 2. The molecule has 1 saturated heterocycles. The molecule has 0 aromatic heterocycles. The van der Waals surface area contributed by atoms with Gasteiger partial charge in [0.15, 0.2) is 0 Å². The number of fused-ring (bicyclic) bond motifs is 2. The molecule has 2 aromatic rings. The van der Waals surface area contributed by atoms with E-state index in [4.69, 9.17) is 18.9 Å². The van der Waals surface area contributed by atoms with Crippen LogP contribution in [0.2, 0.25) is 0 Å². The van der Waals surface area contributed by atoms with Crippen LogP contribution in [0.1, 0.15) is 75.3 Å². The number of benzene rings is 2. The highest BCUT2D eigenvalue weighted by molar-refractivity contribution is 5.69. The van der Waals surface area contributed by atoms with Crippen molar-refractivity contribution < 1.29 is 33.6 Å². The molecule has 2 N–H and O–H groups in total. The zero-order chi connectivity index (χ0) is 30.6. The summed E-state index contributed by atoms with van der Waals surface area (Å²) in [6, 6.07) is 16.7. The molecule has 0 bridgehead atoms. The highest BCUT2D eigenvalue weighted by Crippen LogP contribution is 2.37. The van der Waals surface area contributed by atoms with Gasteiger partial charge in [-0.15, -0.1) is 0 Å². The predicted octanol–water partition coefficient (Wildman–Crippen LogP) is 6.01. The smallest absolute Gasteiger partial charge is 0.410 e. The van der Waals surface area contributed by atoms with Crippen LogP contribution < -0.4 is 10.1 Å². The lowest BCUT2D eigenvalue weighted by Crippen LogP contribution is -2.51. The summed E-state index contributed by atoms with van der Waals surface area (Å²) in [6.45, 7) is 1.97. The number of rotatable bonds is 7. The van der Waals surface area contributed by atoms with Gasteiger partial charge in [0, 0.05) is 25.1 Å². The van der Waals surface area contributed by atoms with Crippen LogP contribution in [0.3, 0.4) is 0 Å². The number of carbonyl (C=O) groups excluding carboxylic acids is 2. The summed E-state index contributed by atoms with van der Waals surface area (Å²) in [5.74, 6) is 1.17. The van der Waals surface area contributed by atoms with Crippen LogP contribution in [0.5, 0.6) is 5.75 Å². The Morgan fingerprint density at radius 1 is 0.932 bits per heavy atom. The normalized spacial score (nSPS) is 24.7. The second-order valence-electron chi connectivity index (χ2n) is 12.4. The molecule has 5 atom stereocenters. The summed E-state index contributed by atoms with van der Waals surface area (Å²) in [7, 11) is 0.